The highest BCUT2D eigenvalue weighted by Crippen LogP contribution is 2.35. The largest absolute Gasteiger partial charge is 0.574 e. The maximum Gasteiger partial charge on any atom is 0.574 e. The zero-order valence-corrected chi connectivity index (χ0v) is 10.1. The van der Waals surface area contributed by atoms with E-state index in [-0.39, 0.29) is 17.2 Å². The second kappa shape index (κ2) is 5.59. The van der Waals surface area contributed by atoms with Crippen LogP contribution in [0.25, 0.3) is 0 Å². The molecule has 0 saturated carbocycles. The molecule has 1 rings (SSSR count). The van der Waals surface area contributed by atoms with E-state index in [1.54, 1.807) is 0 Å². The first-order chi connectivity index (χ1) is 8.28. The second-order valence-electron chi connectivity index (χ2n) is 3.03. The molecule has 0 N–H and O–H groups in total. The Hall–Kier alpha value is -1.25. The third kappa shape index (κ3) is 3.62. The Balaban J connectivity index is 3.39. The van der Waals surface area contributed by atoms with Gasteiger partial charge in [0.15, 0.2) is 6.29 Å². The third-order valence-electron chi connectivity index (χ3n) is 1.82. The summed E-state index contributed by atoms with van der Waals surface area (Å²) in [7, 11) is 0. The summed E-state index contributed by atoms with van der Waals surface area (Å²) in [5.74, 6) is -1.31. The molecule has 0 saturated heterocycles. The first-order valence-corrected chi connectivity index (χ1v) is 5.49. The molecule has 3 nitrogen and oxygen atoms in total. The molecule has 0 aliphatic rings. The molecule has 0 aliphatic carbocycles. The van der Waals surface area contributed by atoms with Crippen LogP contribution < -0.4 is 4.74 Å². The predicted octanol–water partition coefficient (Wildman–Crippen LogP) is 3.63. The molecule has 0 aromatic carbocycles. The summed E-state index contributed by atoms with van der Waals surface area (Å²) < 4.78 is 64.9. The van der Waals surface area contributed by atoms with Crippen molar-refractivity contribution in [1.29, 1.82) is 0 Å². The number of nitrogens with zero attached hydrogens (tertiary/aromatic N) is 1. The molecule has 18 heavy (non-hydrogen) atoms. The average molecular weight is 334 g/mol. The van der Waals surface area contributed by atoms with Crippen LogP contribution in [0.3, 0.4) is 0 Å². The number of aromatic nitrogens is 1. The molecule has 1 heterocycles. The fraction of sp³-hybridized carbons (Fsp3) is 0.333. The van der Waals surface area contributed by atoms with Gasteiger partial charge in [-0.2, -0.15) is 0 Å². The van der Waals surface area contributed by atoms with Crippen molar-refractivity contribution in [2.75, 3.05) is 0 Å². The van der Waals surface area contributed by atoms with Crippen molar-refractivity contribution in [3.05, 3.63) is 22.9 Å². The summed E-state index contributed by atoms with van der Waals surface area (Å²) in [6.07, 6.45) is -8.23. The van der Waals surface area contributed by atoms with E-state index in [0.29, 0.717) is 0 Å². The standard InChI is InChI=1S/C9H5BrF5NO2/c10-2-4-1-5(3-17)16-8(6(4)7(11)12)18-9(13,14)15/h1,3,7H,2H2. The third-order valence-corrected chi connectivity index (χ3v) is 2.43. The molecule has 0 bridgehead atoms. The molecule has 0 atom stereocenters. The minimum Gasteiger partial charge on any atom is -0.387 e. The Labute approximate surface area is 106 Å². The highest BCUT2D eigenvalue weighted by Gasteiger charge is 2.35. The summed E-state index contributed by atoms with van der Waals surface area (Å²) in [6, 6.07) is 0.965. The highest BCUT2D eigenvalue weighted by atomic mass is 79.9. The van der Waals surface area contributed by atoms with Crippen LogP contribution in [0.15, 0.2) is 6.07 Å². The van der Waals surface area contributed by atoms with E-state index in [4.69, 9.17) is 0 Å². The van der Waals surface area contributed by atoms with Crippen LogP contribution in [0.5, 0.6) is 5.88 Å². The van der Waals surface area contributed by atoms with Crippen molar-refractivity contribution in [1.82, 2.24) is 4.98 Å². The molecular formula is C9H5BrF5NO2. The number of hydrogen-bond donors (Lipinski definition) is 0. The number of aldehydes is 1. The van der Waals surface area contributed by atoms with Crippen molar-refractivity contribution < 1.29 is 31.5 Å². The van der Waals surface area contributed by atoms with Crippen LogP contribution in [-0.2, 0) is 5.33 Å². The molecule has 0 fully saturated rings. The van der Waals surface area contributed by atoms with E-state index in [0.717, 1.165) is 6.07 Å². The topological polar surface area (TPSA) is 39.2 Å². The first kappa shape index (κ1) is 14.8. The number of carbonyl (C=O) groups excluding carboxylic acids is 1. The molecule has 0 unspecified atom stereocenters. The van der Waals surface area contributed by atoms with E-state index >= 15 is 0 Å². The van der Waals surface area contributed by atoms with Crippen LogP contribution in [0.4, 0.5) is 22.0 Å². The van der Waals surface area contributed by atoms with Gasteiger partial charge in [0, 0.05) is 5.33 Å². The maximum atomic E-state index is 12.7. The molecule has 9 heteroatoms. The number of hydrogen-bond acceptors (Lipinski definition) is 3. The summed E-state index contributed by atoms with van der Waals surface area (Å²) >= 11 is 2.84. The Morgan fingerprint density at radius 2 is 2.06 bits per heavy atom. The van der Waals surface area contributed by atoms with Crippen LogP contribution in [0.2, 0.25) is 0 Å². The minimum absolute atomic E-state index is 0.143. The van der Waals surface area contributed by atoms with Crippen molar-refractivity contribution >= 4 is 22.2 Å². The fourth-order valence-electron chi connectivity index (χ4n) is 1.20. The highest BCUT2D eigenvalue weighted by molar-refractivity contribution is 9.08. The van der Waals surface area contributed by atoms with Crippen LogP contribution in [0, 0.1) is 0 Å². The van der Waals surface area contributed by atoms with Crippen LogP contribution in [-0.4, -0.2) is 17.6 Å². The summed E-state index contributed by atoms with van der Waals surface area (Å²) in [5.41, 5.74) is -1.61. The lowest BCUT2D eigenvalue weighted by molar-refractivity contribution is -0.276. The average Bonchev–Trinajstić information content (AvgIpc) is 2.25. The van der Waals surface area contributed by atoms with E-state index in [9.17, 15) is 26.7 Å². The Morgan fingerprint density at radius 3 is 2.44 bits per heavy atom. The van der Waals surface area contributed by atoms with E-state index in [2.05, 4.69) is 25.7 Å². The summed E-state index contributed by atoms with van der Waals surface area (Å²) in [4.78, 5) is 13.6. The summed E-state index contributed by atoms with van der Waals surface area (Å²) in [6.45, 7) is 0. The van der Waals surface area contributed by atoms with Gasteiger partial charge in [-0.15, -0.1) is 13.2 Å². The van der Waals surface area contributed by atoms with Gasteiger partial charge in [0.05, 0.1) is 5.56 Å². The minimum atomic E-state index is -5.16. The normalized spacial score (nSPS) is 11.7. The quantitative estimate of drug-likeness (QED) is 0.480. The molecule has 100 valence electrons. The van der Waals surface area contributed by atoms with Gasteiger partial charge < -0.3 is 4.74 Å². The fourth-order valence-corrected chi connectivity index (χ4v) is 1.66. The van der Waals surface area contributed by atoms with Gasteiger partial charge in [-0.3, -0.25) is 4.79 Å². The van der Waals surface area contributed by atoms with Crippen LogP contribution in [0.1, 0.15) is 28.0 Å². The Morgan fingerprint density at radius 1 is 1.44 bits per heavy atom. The van der Waals surface area contributed by atoms with Crippen molar-refractivity contribution in [2.45, 2.75) is 18.1 Å². The monoisotopic (exact) mass is 333 g/mol. The predicted molar refractivity (Wildman–Crippen MR) is 53.9 cm³/mol. The lowest BCUT2D eigenvalue weighted by atomic mass is 10.1. The molecule has 0 radical (unpaired) electrons. The molecule has 0 amide bonds. The van der Waals surface area contributed by atoms with Gasteiger partial charge in [-0.1, -0.05) is 15.9 Å². The molecule has 1 aromatic rings. The van der Waals surface area contributed by atoms with Crippen molar-refractivity contribution in [3.63, 3.8) is 0 Å². The maximum absolute atomic E-state index is 12.7. The number of pyridine rings is 1. The number of alkyl halides is 6. The smallest absolute Gasteiger partial charge is 0.387 e. The van der Waals surface area contributed by atoms with E-state index in [1.807, 2.05) is 0 Å². The number of ether oxygens (including phenoxy) is 1. The lowest BCUT2D eigenvalue weighted by Crippen LogP contribution is -2.20. The van der Waals surface area contributed by atoms with E-state index in [1.165, 1.54) is 0 Å². The zero-order chi connectivity index (χ0) is 13.9. The Kier molecular flexibility index (Phi) is 4.60. The van der Waals surface area contributed by atoms with Gasteiger partial charge in [-0.25, -0.2) is 13.8 Å². The molecule has 0 aliphatic heterocycles. The van der Waals surface area contributed by atoms with Gasteiger partial charge in [0.25, 0.3) is 6.43 Å². The zero-order valence-electron chi connectivity index (χ0n) is 8.47. The van der Waals surface area contributed by atoms with Gasteiger partial charge in [0.1, 0.15) is 5.69 Å². The van der Waals surface area contributed by atoms with Gasteiger partial charge in [-0.05, 0) is 11.6 Å². The van der Waals surface area contributed by atoms with Crippen molar-refractivity contribution in [2.24, 2.45) is 0 Å². The second-order valence-corrected chi connectivity index (χ2v) is 3.59. The molecule has 0 spiro atoms. The first-order valence-electron chi connectivity index (χ1n) is 4.37. The van der Waals surface area contributed by atoms with Crippen LogP contribution >= 0.6 is 15.9 Å². The van der Waals surface area contributed by atoms with Gasteiger partial charge in [0.2, 0.25) is 5.88 Å². The lowest BCUT2D eigenvalue weighted by Gasteiger charge is -2.14. The number of carbonyl (C=O) groups is 1. The number of halogens is 6. The number of rotatable bonds is 4. The SMILES string of the molecule is O=Cc1cc(CBr)c(C(F)F)c(OC(F)(F)F)n1. The van der Waals surface area contributed by atoms with Crippen molar-refractivity contribution in [3.8, 4) is 5.88 Å². The van der Waals surface area contributed by atoms with Gasteiger partial charge >= 0.3 is 6.36 Å². The molecule has 1 aromatic heterocycles. The Bertz CT molecular complexity index is 449. The summed E-state index contributed by atoms with van der Waals surface area (Å²) in [5, 5.41) is -0.162. The molecular weight excluding hydrogens is 329 g/mol. The van der Waals surface area contributed by atoms with E-state index < -0.39 is 29.9 Å².